The number of nitriles is 2. The number of alkyl carbamates (subject to hydrolysis) is 2. The number of nitrogens with zero attached hydrogens (tertiary/aromatic N) is 6. The Morgan fingerprint density at radius 3 is 1.69 bits per heavy atom. The Morgan fingerprint density at radius 2 is 1.17 bits per heavy atom. The normalized spacial score (nSPS) is 25.7. The Morgan fingerprint density at radius 1 is 0.661 bits per heavy atom. The van der Waals surface area contributed by atoms with Gasteiger partial charge >= 0.3 is 36.1 Å². The molecule has 12 aliphatic rings. The van der Waals surface area contributed by atoms with Crippen molar-refractivity contribution in [3.8, 4) is 69.6 Å². The van der Waals surface area contributed by atoms with E-state index in [0.717, 1.165) is 49.7 Å². The first-order chi connectivity index (χ1) is 61.2. The number of hydrogen-bond acceptors (Lipinski definition) is 33. The minimum absolute atomic E-state index is 0.0177. The van der Waals surface area contributed by atoms with E-state index >= 15 is 4.79 Å². The number of ketones is 1. The molecule has 0 aliphatic carbocycles. The van der Waals surface area contributed by atoms with E-state index in [4.69, 9.17) is 71.4 Å². The molecule has 1 spiro atoms. The van der Waals surface area contributed by atoms with Crippen LogP contribution in [0.25, 0.3) is 21.9 Å². The van der Waals surface area contributed by atoms with Gasteiger partial charge in [-0.3, -0.25) is 39.3 Å². The van der Waals surface area contributed by atoms with Gasteiger partial charge in [-0.2, -0.15) is 10.5 Å². The molecule has 0 saturated carbocycles. The van der Waals surface area contributed by atoms with Crippen LogP contribution in [0.15, 0.2) is 101 Å². The van der Waals surface area contributed by atoms with Crippen LogP contribution in [0.3, 0.4) is 0 Å². The lowest BCUT2D eigenvalue weighted by Crippen LogP contribution is -2.69. The summed E-state index contributed by atoms with van der Waals surface area (Å²) >= 11 is 2.65. The fourth-order valence-electron chi connectivity index (χ4n) is 21.0. The van der Waals surface area contributed by atoms with Crippen molar-refractivity contribution in [2.24, 2.45) is 5.73 Å². The lowest BCUT2D eigenvalue weighted by atomic mass is 9.71. The van der Waals surface area contributed by atoms with E-state index in [1.807, 2.05) is 95.5 Å². The van der Waals surface area contributed by atoms with E-state index < -0.39 is 112 Å². The van der Waals surface area contributed by atoms with Crippen LogP contribution < -0.4 is 59.6 Å². The zero-order valence-corrected chi connectivity index (χ0v) is 73.1. The number of benzene rings is 6. The van der Waals surface area contributed by atoms with Crippen molar-refractivity contribution < 1.29 is 109 Å². The summed E-state index contributed by atoms with van der Waals surface area (Å²) in [6.07, 6.45) is 5.56. The average Bonchev–Trinajstić information content (AvgIpc) is 1.44. The summed E-state index contributed by atoms with van der Waals surface area (Å²) in [5.41, 5.74) is 16.0. The van der Waals surface area contributed by atoms with Gasteiger partial charge in [-0.25, -0.2) is 19.2 Å². The Hall–Kier alpha value is -12.2. The number of fused-ring (bicyclic) bond motifs is 21. The number of phenolic OH excluding ortho intramolecular Hbond substituents is 2. The molecule has 7 N–H and O–H groups in total. The highest BCUT2D eigenvalue weighted by Crippen LogP contribution is 2.68. The summed E-state index contributed by atoms with van der Waals surface area (Å²) in [7, 11) is 6.95. The highest BCUT2D eigenvalue weighted by Gasteiger charge is 2.65. The van der Waals surface area contributed by atoms with Crippen LogP contribution >= 0.6 is 23.5 Å². The van der Waals surface area contributed by atoms with E-state index in [9.17, 15) is 49.5 Å². The number of ether oxygens (including phenoxy) is 12. The van der Waals surface area contributed by atoms with Gasteiger partial charge in [0.25, 0.3) is 0 Å². The highest BCUT2D eigenvalue weighted by molar-refractivity contribution is 8.00. The monoisotopic (exact) mass is 1770 g/mol. The number of likely N-dealkylation sites (N-methyl/N-ethyl adjacent to an activating group) is 2. The zero-order chi connectivity index (χ0) is 89.6. The van der Waals surface area contributed by atoms with Crippen molar-refractivity contribution in [2.75, 3.05) is 92.9 Å². The number of hydrogen-bond donors (Lipinski definition) is 6. The number of rotatable bonds is 14. The molecular weight excluding hydrogens is 1680 g/mol. The summed E-state index contributed by atoms with van der Waals surface area (Å²) in [4.78, 5) is 99.0. The predicted molar refractivity (Wildman–Crippen MR) is 460 cm³/mol. The number of Topliss-reactive ketones (excluding diaryl/α,β-unsaturated/α-hetero) is 1. The quantitative estimate of drug-likeness (QED) is 0.0194. The van der Waals surface area contributed by atoms with Gasteiger partial charge in [0, 0.05) is 130 Å². The maximum atomic E-state index is 15.3. The largest absolute Gasteiger partial charge is 0.504 e. The van der Waals surface area contributed by atoms with Gasteiger partial charge < -0.3 is 92.3 Å². The van der Waals surface area contributed by atoms with Crippen LogP contribution in [0.1, 0.15) is 132 Å². The van der Waals surface area contributed by atoms with Gasteiger partial charge in [0.15, 0.2) is 51.5 Å². The molecule has 8 bridgehead atoms. The van der Waals surface area contributed by atoms with Crippen LogP contribution in [0.5, 0.6) is 57.5 Å². The first kappa shape index (κ1) is 86.9. The van der Waals surface area contributed by atoms with E-state index in [1.165, 1.54) is 63.7 Å². The number of aromatic hydroxyl groups is 2. The summed E-state index contributed by atoms with van der Waals surface area (Å²) < 4.78 is 82.1. The van der Waals surface area contributed by atoms with Crippen molar-refractivity contribution in [3.63, 3.8) is 0 Å². The predicted octanol–water partition coefficient (Wildman–Crippen LogP) is 10.3. The van der Waals surface area contributed by atoms with E-state index in [1.54, 1.807) is 13.2 Å². The molecule has 4 saturated heterocycles. The third kappa shape index (κ3) is 14.7. The SMILES string of the molecule is C=CCOC(=O)NC[C@@H](N)Cc1coc2ccccc12.C=CCOC(=O)NC[C@@H]1Cc2c(oc3ccccc23)[C@@]2(CS[C@@H]3c4c(OC(C)=O)c(C)c5c(c4[C@H](COC2=O)N2[C@@H]3[C@H]3c4c(cc(C)c(OC)c4O)C[C@@H]([C@@H]2C#N)N3C)OCO5)N1.COc1c(C)cc2c(c1O)[C@@H]1[C@@H]3[C@@H]4SCC(=O)C(=O)OC[C@@H](c5c6c(c(C)c(OC(C)=O)c54)OCO6)N3[C@@H](C#N)[C@H](C2)N1C. The van der Waals surface area contributed by atoms with Crippen molar-refractivity contribution in [1.82, 2.24) is 35.6 Å². The second kappa shape index (κ2) is 34.9. The molecule has 664 valence electrons. The Balaban J connectivity index is 0.000000153. The zero-order valence-electron chi connectivity index (χ0n) is 71.4. The number of thioether (sulfide) groups is 2. The van der Waals surface area contributed by atoms with Crippen molar-refractivity contribution >= 4 is 87.3 Å². The number of aryl methyl sites for hydroxylation is 2. The molecule has 6 aromatic carbocycles. The number of para-hydroxylation sites is 2. The third-order valence-electron chi connectivity index (χ3n) is 26.0. The maximum Gasteiger partial charge on any atom is 0.407 e. The lowest BCUT2D eigenvalue weighted by molar-refractivity contribution is -0.158. The molecule has 15 atom stereocenters. The van der Waals surface area contributed by atoms with Gasteiger partial charge in [0.1, 0.15) is 66.9 Å². The van der Waals surface area contributed by atoms with Crippen LogP contribution in [-0.4, -0.2) is 213 Å². The number of esters is 4. The number of carbonyl (C=O) groups excluding carboxylic acids is 7. The Kier molecular flexibility index (Phi) is 23.9. The molecule has 8 aromatic rings. The highest BCUT2D eigenvalue weighted by atomic mass is 32.2. The number of phenols is 2. The summed E-state index contributed by atoms with van der Waals surface area (Å²) in [6.45, 7) is 17.1. The molecule has 4 fully saturated rings. The number of cyclic esters (lactones) is 1. The number of amides is 2. The fraction of sp³-hybridized carbons (Fsp3) is 0.424. The van der Waals surface area contributed by atoms with Crippen molar-refractivity contribution in [1.29, 1.82) is 10.5 Å². The topological polar surface area (TPSA) is 420 Å². The van der Waals surface area contributed by atoms with Crippen LogP contribution in [0, 0.1) is 50.4 Å². The third-order valence-corrected chi connectivity index (χ3v) is 28.8. The van der Waals surface area contributed by atoms with E-state index in [0.29, 0.717) is 134 Å². The summed E-state index contributed by atoms with van der Waals surface area (Å²) in [5.74, 6) is -0.0628. The van der Waals surface area contributed by atoms with Gasteiger partial charge in [0.05, 0.1) is 73.0 Å². The van der Waals surface area contributed by atoms with Gasteiger partial charge in [-0.15, -0.1) is 23.5 Å². The lowest BCUT2D eigenvalue weighted by Gasteiger charge is -2.62. The molecule has 33 nitrogen and oxygen atoms in total. The standard InChI is InChI=1S/C46H47N5O11S.C31H31N3O9S.C15H18N2O3/c1-7-12-57-45(55)48-17-25-15-27-26-10-8-9-11-31(26)62-43(27)46(49-25)19-63-42-34-33(41-40(59-20-60-41)22(3)39(34)61-23(4)52)30(18-58-44(46)54)51-29(16-47)28-14-24-13-21(2)38(56-6)37(53)32(24)35(36(42)51)50(28)5;1-12-6-15-7-16-17(8-32)34-18-9-40-31(38)19(36)10-44-30(24(34)23(33(16)4)20(15)25(37)26(12)39-5)22-21(18)29-28(41-11-42-29)13(2)27(22)43-14(3)35;1-2-7-19-15(18)17-9-12(16)8-11-10-20-14-6-4-3-5-13(11)14/h7-11,13,25,28-30,35-36,42,49,53H,1,12,14-15,17-20H2,2-6H3,(H,48,55);6,16-18,23-24,30,37H,7,9-11H2,1-5H3;2-6,10,12H,1,7-9,16H2,(H,17,18)/t25-,28-,29-,30-,35+,36+,42+,46+;16-,17-,18-,23+,24+,30+;12-/m000/s1. The van der Waals surface area contributed by atoms with Gasteiger partial charge in [-0.1, -0.05) is 73.8 Å². The molecular formula is C92H96N10O23S2. The number of methoxy groups -OCH3 is 2. The molecule has 127 heavy (non-hydrogen) atoms. The van der Waals surface area contributed by atoms with Crippen molar-refractivity contribution in [2.45, 2.75) is 156 Å². The fourth-order valence-corrected chi connectivity index (χ4v) is 23.9. The second-order valence-corrected chi connectivity index (χ2v) is 35.5. The number of furan rings is 2. The Labute approximate surface area is 738 Å². The second-order valence-electron chi connectivity index (χ2n) is 33.2. The smallest absolute Gasteiger partial charge is 0.407 e. The molecule has 0 radical (unpaired) electrons. The van der Waals surface area contributed by atoms with Gasteiger partial charge in [0.2, 0.25) is 19.4 Å². The first-order valence-corrected chi connectivity index (χ1v) is 43.8. The average molecular weight is 1770 g/mol. The molecule has 14 heterocycles. The molecule has 20 rings (SSSR count). The Bertz CT molecular complexity index is 5960. The van der Waals surface area contributed by atoms with Crippen LogP contribution in [0.4, 0.5) is 9.59 Å². The molecule has 35 heteroatoms. The number of nitrogens with two attached hydrogens (primary N) is 1. The molecule has 0 unspecified atom stereocenters. The van der Waals surface area contributed by atoms with Crippen LogP contribution in [0.2, 0.25) is 0 Å². The minimum Gasteiger partial charge on any atom is -0.504 e. The number of nitrogens with one attached hydrogen (secondary N) is 3. The molecule has 12 aliphatic heterocycles. The summed E-state index contributed by atoms with van der Waals surface area (Å²) in [5, 5.41) is 55.6. The first-order valence-electron chi connectivity index (χ1n) is 41.7. The molecule has 2 amide bonds. The van der Waals surface area contributed by atoms with Crippen molar-refractivity contribution in [3.05, 3.63) is 176 Å². The maximum absolute atomic E-state index is 15.3. The number of piperazine rings is 2. The minimum atomic E-state index is -1.60. The van der Waals surface area contributed by atoms with E-state index in [-0.39, 0.29) is 87.7 Å². The van der Waals surface area contributed by atoms with Gasteiger partial charge in [-0.05, 0) is 107 Å². The van der Waals surface area contributed by atoms with Crippen LogP contribution in [-0.2, 0) is 74.1 Å². The number of carbonyl (C=O) groups is 7. The van der Waals surface area contributed by atoms with E-state index in [2.05, 4.69) is 60.8 Å². The molecule has 2 aromatic heterocycles. The summed E-state index contributed by atoms with van der Waals surface area (Å²) in [6, 6.07) is 18.2.